The molecule has 4 nitrogen and oxygen atoms in total. The fourth-order valence-corrected chi connectivity index (χ4v) is 3.65. The van der Waals surface area contributed by atoms with E-state index in [1.165, 1.54) is 17.7 Å². The zero-order valence-corrected chi connectivity index (χ0v) is 17.8. The smallest absolute Gasteiger partial charge is 0.123 e. The molecule has 31 heavy (non-hydrogen) atoms. The van der Waals surface area contributed by atoms with Gasteiger partial charge in [0, 0.05) is 6.42 Å². The first-order chi connectivity index (χ1) is 15.0. The number of hydrogen-bond donors (Lipinski definition) is 1. The predicted octanol–water partition coefficient (Wildman–Crippen LogP) is 5.33. The van der Waals surface area contributed by atoms with Gasteiger partial charge >= 0.3 is 0 Å². The molecular weight excluding hydrogens is 391 g/mol. The standard InChI is InChI=1S/C26H27FN2O2/c1-18(2)20-9-13-23(14-10-20)31-17-22(30)16-29-25-6-4-3-5-24(25)28-26(29)15-19-7-11-21(27)12-8-19/h3-14,18,22,30H,15-17H2,1-2H3. The third kappa shape index (κ3) is 5.12. The Labute approximate surface area is 181 Å². The van der Waals surface area contributed by atoms with Crippen LogP contribution in [0.15, 0.2) is 72.8 Å². The van der Waals surface area contributed by atoms with Gasteiger partial charge in [-0.25, -0.2) is 9.37 Å². The van der Waals surface area contributed by atoms with Crippen molar-refractivity contribution in [1.29, 1.82) is 0 Å². The molecule has 0 saturated carbocycles. The van der Waals surface area contributed by atoms with Gasteiger partial charge in [0.1, 0.15) is 30.1 Å². The number of hydrogen-bond acceptors (Lipinski definition) is 3. The summed E-state index contributed by atoms with van der Waals surface area (Å²) < 4.78 is 21.1. The van der Waals surface area contributed by atoms with Crippen molar-refractivity contribution in [3.8, 4) is 5.75 Å². The first kappa shape index (κ1) is 21.1. The van der Waals surface area contributed by atoms with Crippen LogP contribution >= 0.6 is 0 Å². The van der Waals surface area contributed by atoms with E-state index >= 15 is 0 Å². The Hall–Kier alpha value is -3.18. The summed E-state index contributed by atoms with van der Waals surface area (Å²) in [5, 5.41) is 10.7. The third-order valence-corrected chi connectivity index (χ3v) is 5.39. The Morgan fingerprint density at radius 2 is 1.68 bits per heavy atom. The van der Waals surface area contributed by atoms with Crippen molar-refractivity contribution in [2.45, 2.75) is 38.8 Å². The largest absolute Gasteiger partial charge is 0.491 e. The summed E-state index contributed by atoms with van der Waals surface area (Å²) in [4.78, 5) is 4.75. The molecule has 1 N–H and O–H groups in total. The normalized spacial score (nSPS) is 12.4. The van der Waals surface area contributed by atoms with E-state index < -0.39 is 6.10 Å². The minimum absolute atomic E-state index is 0.184. The lowest BCUT2D eigenvalue weighted by Gasteiger charge is -2.16. The fraction of sp³-hybridized carbons (Fsp3) is 0.269. The molecular formula is C26H27FN2O2. The van der Waals surface area contributed by atoms with Gasteiger partial charge in [0.2, 0.25) is 0 Å². The average Bonchev–Trinajstić information content (AvgIpc) is 3.11. The predicted molar refractivity (Wildman–Crippen MR) is 121 cm³/mol. The molecule has 0 spiro atoms. The van der Waals surface area contributed by atoms with E-state index in [-0.39, 0.29) is 12.4 Å². The number of benzene rings is 3. The van der Waals surface area contributed by atoms with Crippen molar-refractivity contribution in [3.05, 3.63) is 95.6 Å². The summed E-state index contributed by atoms with van der Waals surface area (Å²) in [7, 11) is 0. The molecule has 3 aromatic carbocycles. The van der Waals surface area contributed by atoms with Crippen LogP contribution in [-0.2, 0) is 13.0 Å². The molecule has 0 amide bonds. The molecule has 160 valence electrons. The number of aromatic nitrogens is 2. The van der Waals surface area contributed by atoms with E-state index in [1.54, 1.807) is 12.1 Å². The van der Waals surface area contributed by atoms with Gasteiger partial charge in [-0.15, -0.1) is 0 Å². The van der Waals surface area contributed by atoms with Gasteiger partial charge in [-0.1, -0.05) is 50.2 Å². The molecule has 0 radical (unpaired) electrons. The number of nitrogens with zero attached hydrogens (tertiary/aromatic N) is 2. The molecule has 0 bridgehead atoms. The highest BCUT2D eigenvalue weighted by Crippen LogP contribution is 2.21. The van der Waals surface area contributed by atoms with Crippen molar-refractivity contribution >= 4 is 11.0 Å². The Morgan fingerprint density at radius 1 is 0.968 bits per heavy atom. The van der Waals surface area contributed by atoms with Crippen molar-refractivity contribution in [1.82, 2.24) is 9.55 Å². The molecule has 0 aliphatic heterocycles. The minimum Gasteiger partial charge on any atom is -0.491 e. The van der Waals surface area contributed by atoms with Crippen LogP contribution in [0.3, 0.4) is 0 Å². The molecule has 1 unspecified atom stereocenters. The SMILES string of the molecule is CC(C)c1ccc(OCC(O)Cn2c(Cc3ccc(F)cc3)nc3ccccc32)cc1. The molecule has 0 fully saturated rings. The second-order valence-electron chi connectivity index (χ2n) is 8.12. The Bertz CT molecular complexity index is 1130. The van der Waals surface area contributed by atoms with E-state index in [2.05, 4.69) is 26.0 Å². The molecule has 1 aromatic heterocycles. The van der Waals surface area contributed by atoms with Crippen LogP contribution in [0, 0.1) is 5.82 Å². The average molecular weight is 419 g/mol. The Kier molecular flexibility index (Phi) is 6.33. The topological polar surface area (TPSA) is 47.3 Å². The molecule has 0 aliphatic carbocycles. The molecule has 4 aromatic rings. The van der Waals surface area contributed by atoms with Crippen LogP contribution in [0.1, 0.15) is 36.7 Å². The summed E-state index contributed by atoms with van der Waals surface area (Å²) in [5.74, 6) is 1.78. The van der Waals surface area contributed by atoms with Crippen LogP contribution < -0.4 is 4.74 Å². The molecule has 0 aliphatic rings. The van der Waals surface area contributed by atoms with Gasteiger partial charge in [0.05, 0.1) is 17.6 Å². The molecule has 1 atom stereocenters. The van der Waals surface area contributed by atoms with E-state index in [9.17, 15) is 9.50 Å². The molecule has 1 heterocycles. The maximum atomic E-state index is 13.3. The zero-order chi connectivity index (χ0) is 21.8. The van der Waals surface area contributed by atoms with Crippen LogP contribution in [0.4, 0.5) is 4.39 Å². The molecule has 4 rings (SSSR count). The fourth-order valence-electron chi connectivity index (χ4n) is 3.65. The highest BCUT2D eigenvalue weighted by atomic mass is 19.1. The summed E-state index contributed by atoms with van der Waals surface area (Å²) in [6.07, 6.45) is -0.145. The van der Waals surface area contributed by atoms with Crippen molar-refractivity contribution < 1.29 is 14.2 Å². The summed E-state index contributed by atoms with van der Waals surface area (Å²) in [6, 6.07) is 22.3. The van der Waals surface area contributed by atoms with Crippen LogP contribution in [0.5, 0.6) is 5.75 Å². The Morgan fingerprint density at radius 3 is 2.39 bits per heavy atom. The summed E-state index contributed by atoms with van der Waals surface area (Å²) >= 11 is 0. The number of imidazole rings is 1. The van der Waals surface area contributed by atoms with Gasteiger partial charge in [-0.05, 0) is 53.4 Å². The van der Waals surface area contributed by atoms with Gasteiger partial charge in [-0.2, -0.15) is 0 Å². The van der Waals surface area contributed by atoms with E-state index in [0.29, 0.717) is 18.9 Å². The number of para-hydroxylation sites is 2. The highest BCUT2D eigenvalue weighted by Gasteiger charge is 2.15. The monoisotopic (exact) mass is 418 g/mol. The minimum atomic E-state index is -0.700. The number of halogens is 1. The maximum absolute atomic E-state index is 13.3. The zero-order valence-electron chi connectivity index (χ0n) is 17.8. The lowest BCUT2D eigenvalue weighted by atomic mass is 10.0. The number of rotatable bonds is 8. The number of aliphatic hydroxyl groups is 1. The second kappa shape index (κ2) is 9.31. The van der Waals surface area contributed by atoms with Crippen molar-refractivity contribution in [2.24, 2.45) is 0 Å². The Balaban J connectivity index is 1.49. The summed E-state index contributed by atoms with van der Waals surface area (Å²) in [5.41, 5.74) is 4.05. The van der Waals surface area contributed by atoms with Gasteiger partial charge in [0.15, 0.2) is 0 Å². The van der Waals surface area contributed by atoms with Gasteiger partial charge in [0.25, 0.3) is 0 Å². The lowest BCUT2D eigenvalue weighted by Crippen LogP contribution is -2.24. The van der Waals surface area contributed by atoms with E-state index in [0.717, 1.165) is 28.2 Å². The lowest BCUT2D eigenvalue weighted by molar-refractivity contribution is 0.0928. The van der Waals surface area contributed by atoms with E-state index in [1.807, 2.05) is 41.0 Å². The number of fused-ring (bicyclic) bond motifs is 1. The molecule has 5 heteroatoms. The van der Waals surface area contributed by atoms with Crippen LogP contribution in [-0.4, -0.2) is 27.4 Å². The van der Waals surface area contributed by atoms with E-state index in [4.69, 9.17) is 9.72 Å². The van der Waals surface area contributed by atoms with Gasteiger partial charge in [-0.3, -0.25) is 0 Å². The van der Waals surface area contributed by atoms with Crippen LogP contribution in [0.2, 0.25) is 0 Å². The second-order valence-corrected chi connectivity index (χ2v) is 8.12. The van der Waals surface area contributed by atoms with Gasteiger partial charge < -0.3 is 14.4 Å². The number of aliphatic hydroxyl groups excluding tert-OH is 1. The maximum Gasteiger partial charge on any atom is 0.123 e. The van der Waals surface area contributed by atoms with Crippen molar-refractivity contribution in [2.75, 3.05) is 6.61 Å². The summed E-state index contributed by atoms with van der Waals surface area (Å²) in [6.45, 7) is 4.85. The third-order valence-electron chi connectivity index (χ3n) is 5.39. The van der Waals surface area contributed by atoms with Crippen molar-refractivity contribution in [3.63, 3.8) is 0 Å². The number of ether oxygens (including phenoxy) is 1. The highest BCUT2D eigenvalue weighted by molar-refractivity contribution is 5.76. The van der Waals surface area contributed by atoms with Crippen LogP contribution in [0.25, 0.3) is 11.0 Å². The molecule has 0 saturated heterocycles. The first-order valence-corrected chi connectivity index (χ1v) is 10.6. The first-order valence-electron chi connectivity index (χ1n) is 10.6. The quantitative estimate of drug-likeness (QED) is 0.421.